The molecule has 0 spiro atoms. The predicted molar refractivity (Wildman–Crippen MR) is 118 cm³/mol. The van der Waals surface area contributed by atoms with Gasteiger partial charge in [-0.2, -0.15) is 0 Å². The molecule has 2 aromatic heterocycles. The summed E-state index contributed by atoms with van der Waals surface area (Å²) in [5, 5.41) is 31.8. The highest BCUT2D eigenvalue weighted by Gasteiger charge is 2.27. The second-order valence-electron chi connectivity index (χ2n) is 6.97. The summed E-state index contributed by atoms with van der Waals surface area (Å²) >= 11 is 7.07. The highest BCUT2D eigenvalue weighted by molar-refractivity contribution is 9.10. The van der Waals surface area contributed by atoms with Crippen molar-refractivity contribution in [3.8, 4) is 0 Å². The second-order valence-corrected chi connectivity index (χ2v) is 8.80. The average Bonchev–Trinajstić information content (AvgIpc) is 3.29. The van der Waals surface area contributed by atoms with Gasteiger partial charge in [0.25, 0.3) is 0 Å². The molecule has 2 atom stereocenters. The number of hydrogen-bond acceptors (Lipinski definition) is 3. The Bertz CT molecular complexity index is 1040. The molecule has 0 bridgehead atoms. The molecule has 146 valence electrons. The topological polar surface area (TPSA) is 92.3 Å². The fraction of sp³-hybridized carbons (Fsp3) is 0.238. The smallest absolute Gasteiger partial charge is 0.103 e. The fourth-order valence-electron chi connectivity index (χ4n) is 3.75. The van der Waals surface area contributed by atoms with Crippen LogP contribution in [0.4, 0.5) is 0 Å². The summed E-state index contributed by atoms with van der Waals surface area (Å²) in [4.78, 5) is 6.60. The van der Waals surface area contributed by atoms with Crippen molar-refractivity contribution in [3.63, 3.8) is 0 Å². The Labute approximate surface area is 178 Å². The van der Waals surface area contributed by atoms with E-state index in [0.717, 1.165) is 41.9 Å². The molecule has 0 unspecified atom stereocenters. The maximum atomic E-state index is 10.5. The van der Waals surface area contributed by atoms with Gasteiger partial charge < -0.3 is 25.3 Å². The van der Waals surface area contributed by atoms with E-state index in [2.05, 4.69) is 41.8 Å². The third-order valence-electron chi connectivity index (χ3n) is 5.21. The molecule has 2 aromatic carbocycles. The van der Waals surface area contributed by atoms with Gasteiger partial charge in [0, 0.05) is 49.1 Å². The van der Waals surface area contributed by atoms with Gasteiger partial charge in [0.15, 0.2) is 0 Å². The summed E-state index contributed by atoms with van der Waals surface area (Å²) in [6.45, 7) is -0.479. The Kier molecular flexibility index (Phi) is 5.62. The van der Waals surface area contributed by atoms with Crippen LogP contribution in [0.3, 0.4) is 0 Å². The Balaban J connectivity index is 1.88. The van der Waals surface area contributed by atoms with Crippen LogP contribution in [0.15, 0.2) is 57.7 Å². The molecule has 7 heteroatoms. The van der Waals surface area contributed by atoms with Crippen LogP contribution in [0, 0.1) is 0 Å². The maximum absolute atomic E-state index is 10.5. The van der Waals surface area contributed by atoms with Crippen LogP contribution in [-0.4, -0.2) is 44.1 Å². The molecule has 0 saturated heterocycles. The van der Waals surface area contributed by atoms with Crippen LogP contribution >= 0.6 is 31.9 Å². The summed E-state index contributed by atoms with van der Waals surface area (Å²) in [7, 11) is 0. The summed E-state index contributed by atoms with van der Waals surface area (Å²) in [6.07, 6.45) is 1.95. The van der Waals surface area contributed by atoms with Crippen LogP contribution in [0.5, 0.6) is 0 Å². The standard InChI is InChI=1S/C21H20Br2N2O3/c22-11-1-3-18-14(5-11)16(8-24-18)13(7-20(27)21(28)10-26)17-9-25-19-4-2-12(23)6-15(17)19/h1-6,8-9,13,20-21,24-28H,7,10H2/t20-,21+/m0/s1. The zero-order chi connectivity index (χ0) is 19.8. The third kappa shape index (κ3) is 3.65. The first-order valence-electron chi connectivity index (χ1n) is 8.98. The Morgan fingerprint density at radius 2 is 1.29 bits per heavy atom. The van der Waals surface area contributed by atoms with Crippen molar-refractivity contribution >= 4 is 53.7 Å². The lowest BCUT2D eigenvalue weighted by Gasteiger charge is -2.23. The van der Waals surface area contributed by atoms with Crippen molar-refractivity contribution in [1.82, 2.24) is 9.97 Å². The molecular formula is C21H20Br2N2O3. The highest BCUT2D eigenvalue weighted by atomic mass is 79.9. The number of aromatic amines is 2. The lowest BCUT2D eigenvalue weighted by atomic mass is 9.85. The molecule has 0 aliphatic heterocycles. The fourth-order valence-corrected chi connectivity index (χ4v) is 4.47. The van der Waals surface area contributed by atoms with E-state index < -0.39 is 18.8 Å². The molecule has 5 nitrogen and oxygen atoms in total. The van der Waals surface area contributed by atoms with E-state index in [4.69, 9.17) is 0 Å². The minimum absolute atomic E-state index is 0.178. The predicted octanol–water partition coefficient (Wildman–Crippen LogP) is 4.41. The number of aliphatic hydroxyl groups excluding tert-OH is 3. The van der Waals surface area contributed by atoms with Gasteiger partial charge in [-0.3, -0.25) is 0 Å². The number of aliphatic hydroxyl groups is 3. The van der Waals surface area contributed by atoms with Crippen molar-refractivity contribution in [1.29, 1.82) is 0 Å². The monoisotopic (exact) mass is 506 g/mol. The second kappa shape index (κ2) is 8.00. The number of halogens is 2. The molecule has 2 heterocycles. The van der Waals surface area contributed by atoms with Gasteiger partial charge in [0.2, 0.25) is 0 Å². The quantitative estimate of drug-likeness (QED) is 0.267. The lowest BCUT2D eigenvalue weighted by Crippen LogP contribution is -2.31. The van der Waals surface area contributed by atoms with Gasteiger partial charge in [-0.1, -0.05) is 31.9 Å². The molecule has 0 fully saturated rings. The minimum atomic E-state index is -1.18. The molecule has 0 saturated carbocycles. The van der Waals surface area contributed by atoms with E-state index in [1.54, 1.807) is 0 Å². The molecule has 28 heavy (non-hydrogen) atoms. The van der Waals surface area contributed by atoms with Crippen LogP contribution in [0.2, 0.25) is 0 Å². The maximum Gasteiger partial charge on any atom is 0.103 e. The van der Waals surface area contributed by atoms with Gasteiger partial charge in [-0.25, -0.2) is 0 Å². The van der Waals surface area contributed by atoms with Crippen LogP contribution < -0.4 is 0 Å². The first kappa shape index (κ1) is 19.7. The van der Waals surface area contributed by atoms with Crippen LogP contribution in [0.1, 0.15) is 23.5 Å². The largest absolute Gasteiger partial charge is 0.394 e. The summed E-state index contributed by atoms with van der Waals surface area (Å²) in [6, 6.07) is 12.1. The van der Waals surface area contributed by atoms with Gasteiger partial charge in [-0.15, -0.1) is 0 Å². The SMILES string of the molecule is OC[C@@H](O)[C@@H](O)CC(c1c[nH]c2ccc(Br)cc12)c1c[nH]c2ccc(Br)cc12. The molecule has 0 aliphatic rings. The van der Waals surface area contributed by atoms with Crippen molar-refractivity contribution in [2.24, 2.45) is 0 Å². The number of aromatic nitrogens is 2. The number of H-pyrrole nitrogens is 2. The van der Waals surface area contributed by atoms with Crippen molar-refractivity contribution in [2.45, 2.75) is 24.5 Å². The normalized spacial score (nSPS) is 14.2. The summed E-state index contributed by atoms with van der Waals surface area (Å²) in [5.41, 5.74) is 4.06. The third-order valence-corrected chi connectivity index (χ3v) is 6.20. The van der Waals surface area contributed by atoms with Gasteiger partial charge in [-0.05, 0) is 53.9 Å². The van der Waals surface area contributed by atoms with E-state index in [-0.39, 0.29) is 12.3 Å². The molecular weight excluding hydrogens is 488 g/mol. The molecule has 4 rings (SSSR count). The van der Waals surface area contributed by atoms with E-state index >= 15 is 0 Å². The van der Waals surface area contributed by atoms with Gasteiger partial charge in [0.1, 0.15) is 6.10 Å². The van der Waals surface area contributed by atoms with Crippen molar-refractivity contribution in [2.75, 3.05) is 6.61 Å². The van der Waals surface area contributed by atoms with Crippen LogP contribution in [0.25, 0.3) is 21.8 Å². The van der Waals surface area contributed by atoms with Crippen molar-refractivity contribution < 1.29 is 15.3 Å². The summed E-state index contributed by atoms with van der Waals surface area (Å²) < 4.78 is 1.94. The average molecular weight is 508 g/mol. The number of fused-ring (bicyclic) bond motifs is 2. The van der Waals surface area contributed by atoms with Gasteiger partial charge >= 0.3 is 0 Å². The highest BCUT2D eigenvalue weighted by Crippen LogP contribution is 2.39. The summed E-state index contributed by atoms with van der Waals surface area (Å²) in [5.74, 6) is -0.178. The molecule has 0 radical (unpaired) electrons. The Hall–Kier alpha value is -1.64. The van der Waals surface area contributed by atoms with Crippen LogP contribution in [-0.2, 0) is 0 Å². The number of nitrogens with one attached hydrogen (secondary N) is 2. The minimum Gasteiger partial charge on any atom is -0.394 e. The first-order valence-corrected chi connectivity index (χ1v) is 10.6. The first-order chi connectivity index (χ1) is 13.5. The Morgan fingerprint density at radius 1 is 0.786 bits per heavy atom. The Morgan fingerprint density at radius 3 is 1.75 bits per heavy atom. The van der Waals surface area contributed by atoms with E-state index in [1.165, 1.54) is 0 Å². The zero-order valence-electron chi connectivity index (χ0n) is 14.9. The number of rotatable bonds is 6. The zero-order valence-corrected chi connectivity index (χ0v) is 18.0. The van der Waals surface area contributed by atoms with E-state index in [9.17, 15) is 15.3 Å². The van der Waals surface area contributed by atoms with E-state index in [1.807, 2.05) is 48.8 Å². The van der Waals surface area contributed by atoms with Gasteiger partial charge in [0.05, 0.1) is 12.7 Å². The molecule has 0 amide bonds. The molecule has 5 N–H and O–H groups in total. The van der Waals surface area contributed by atoms with Crippen molar-refractivity contribution in [3.05, 3.63) is 68.9 Å². The lowest BCUT2D eigenvalue weighted by molar-refractivity contribution is -0.0191. The molecule has 0 aliphatic carbocycles. The molecule has 4 aromatic rings. The number of benzene rings is 2. The number of hydrogen-bond donors (Lipinski definition) is 5. The van der Waals surface area contributed by atoms with E-state index in [0.29, 0.717) is 0 Å².